The number of nitrogens with zero attached hydrogens (tertiary/aromatic N) is 4. The minimum absolute atomic E-state index is 0.00591. The number of non-ortho nitro benzene ring substituents is 1. The molecule has 2 aromatic rings. The molecular formula is C44H60N6O10. The Morgan fingerprint density at radius 1 is 0.633 bits per heavy atom. The standard InChI is InChI=1S/C44H60N6O10/c51-41(45-29-31-59-33-34-60-32-30-49(35-43(53)54)36-44(55)56)19-17-15-13-11-9-7-5-3-1-2-4-6-8-10-12-14-16-18-20-42(52)46-37-21-23-38(24-22-37)47-48-39-25-27-40(28-26-39)50(57)58/h21-28H,5-20,29-36H2,(H,45,51)(H,46,52)(H,53,54)(H,55,56). The Balaban J connectivity index is 1.33. The lowest BCUT2D eigenvalue weighted by atomic mass is 10.1. The summed E-state index contributed by atoms with van der Waals surface area (Å²) < 4.78 is 10.8. The third kappa shape index (κ3) is 27.9. The van der Waals surface area contributed by atoms with E-state index < -0.39 is 16.9 Å². The Kier molecular flexibility index (Phi) is 27.9. The van der Waals surface area contributed by atoms with Crippen LogP contribution in [0.2, 0.25) is 0 Å². The lowest BCUT2D eigenvalue weighted by Crippen LogP contribution is -2.37. The van der Waals surface area contributed by atoms with Crippen LogP contribution in [-0.4, -0.2) is 96.4 Å². The van der Waals surface area contributed by atoms with Crippen molar-refractivity contribution in [1.29, 1.82) is 0 Å². The second-order valence-corrected chi connectivity index (χ2v) is 14.0. The largest absolute Gasteiger partial charge is 0.480 e. The second-order valence-electron chi connectivity index (χ2n) is 14.0. The number of carbonyl (C=O) groups excluding carboxylic acids is 2. The van der Waals surface area contributed by atoms with Gasteiger partial charge in [0, 0.05) is 56.6 Å². The molecule has 0 aliphatic carbocycles. The number of ether oxygens (including phenoxy) is 2. The molecule has 0 radical (unpaired) electrons. The van der Waals surface area contributed by atoms with Crippen LogP contribution in [0.25, 0.3) is 0 Å². The summed E-state index contributed by atoms with van der Waals surface area (Å²) in [6, 6.07) is 12.8. The van der Waals surface area contributed by atoms with Gasteiger partial charge in [0.25, 0.3) is 5.69 Å². The van der Waals surface area contributed by atoms with Gasteiger partial charge in [-0.1, -0.05) is 63.2 Å². The van der Waals surface area contributed by atoms with Crippen LogP contribution in [0.1, 0.15) is 103 Å². The predicted molar refractivity (Wildman–Crippen MR) is 228 cm³/mol. The van der Waals surface area contributed by atoms with Crippen LogP contribution < -0.4 is 10.6 Å². The van der Waals surface area contributed by atoms with Crippen molar-refractivity contribution in [2.75, 3.05) is 57.9 Å². The summed E-state index contributed by atoms with van der Waals surface area (Å²) in [7, 11) is 0. The summed E-state index contributed by atoms with van der Waals surface area (Å²) in [5, 5.41) is 42.4. The maximum absolute atomic E-state index is 12.3. The SMILES string of the molecule is O=C(O)CN(CCOCCOCCNC(=O)CCCCCCCCC#CC#CCCCCCCCCC(=O)Nc1ccc(N=Nc2ccc([N+](=O)[O-])cc2)cc1)CC(=O)O. The van der Waals surface area contributed by atoms with Gasteiger partial charge in [-0.2, -0.15) is 10.2 Å². The number of nitro groups is 1. The molecule has 16 heteroatoms. The van der Waals surface area contributed by atoms with E-state index in [-0.39, 0.29) is 50.3 Å². The number of aliphatic carboxylic acids is 2. The van der Waals surface area contributed by atoms with Crippen LogP contribution in [0.5, 0.6) is 0 Å². The maximum Gasteiger partial charge on any atom is 0.317 e. The highest BCUT2D eigenvalue weighted by Gasteiger charge is 2.13. The molecule has 0 saturated heterocycles. The molecule has 2 rings (SSSR count). The van der Waals surface area contributed by atoms with Gasteiger partial charge in [-0.3, -0.25) is 34.2 Å². The number of carbonyl (C=O) groups is 4. The number of nitrogens with one attached hydrogen (secondary N) is 2. The molecule has 0 atom stereocenters. The number of hydrogen-bond donors (Lipinski definition) is 4. The third-order valence-corrected chi connectivity index (χ3v) is 8.85. The Bertz CT molecular complexity index is 1710. The van der Waals surface area contributed by atoms with Crippen LogP contribution in [0.3, 0.4) is 0 Å². The molecule has 326 valence electrons. The quantitative estimate of drug-likeness (QED) is 0.0178. The number of azo groups is 1. The molecule has 4 N–H and O–H groups in total. The van der Waals surface area contributed by atoms with Crippen LogP contribution in [0.4, 0.5) is 22.7 Å². The molecule has 16 nitrogen and oxygen atoms in total. The number of unbranched alkanes of at least 4 members (excludes halogenated alkanes) is 12. The molecule has 2 aromatic carbocycles. The zero-order valence-corrected chi connectivity index (χ0v) is 34.5. The Labute approximate surface area is 353 Å². The fraction of sp³-hybridized carbons (Fsp3) is 0.545. The topological polar surface area (TPSA) is 222 Å². The van der Waals surface area contributed by atoms with Crippen LogP contribution in [0, 0.1) is 33.8 Å². The first-order valence-electron chi connectivity index (χ1n) is 20.7. The van der Waals surface area contributed by atoms with E-state index >= 15 is 0 Å². The average Bonchev–Trinajstić information content (AvgIpc) is 3.21. The summed E-state index contributed by atoms with van der Waals surface area (Å²) in [6.45, 7) is 1.02. The van der Waals surface area contributed by atoms with Crippen molar-refractivity contribution in [2.24, 2.45) is 10.2 Å². The minimum Gasteiger partial charge on any atom is -0.480 e. The molecule has 0 fully saturated rings. The van der Waals surface area contributed by atoms with Gasteiger partial charge in [-0.05, 0) is 73.9 Å². The van der Waals surface area contributed by atoms with E-state index in [1.54, 1.807) is 24.3 Å². The highest BCUT2D eigenvalue weighted by atomic mass is 16.6. The molecule has 0 spiro atoms. The normalized spacial score (nSPS) is 10.8. The molecule has 0 aromatic heterocycles. The third-order valence-electron chi connectivity index (χ3n) is 8.85. The summed E-state index contributed by atoms with van der Waals surface area (Å²) >= 11 is 0. The van der Waals surface area contributed by atoms with E-state index in [0.29, 0.717) is 49.7 Å². The maximum atomic E-state index is 12.3. The molecule has 0 unspecified atom stereocenters. The van der Waals surface area contributed by atoms with Gasteiger partial charge in [0.1, 0.15) is 0 Å². The molecule has 60 heavy (non-hydrogen) atoms. The fourth-order valence-corrected chi connectivity index (χ4v) is 5.68. The Morgan fingerprint density at radius 2 is 1.10 bits per heavy atom. The highest BCUT2D eigenvalue weighted by Crippen LogP contribution is 2.22. The number of benzene rings is 2. The van der Waals surface area contributed by atoms with Crippen LogP contribution in [0.15, 0.2) is 58.8 Å². The molecule has 2 amide bonds. The molecule has 0 heterocycles. The molecular weight excluding hydrogens is 773 g/mol. The van der Waals surface area contributed by atoms with E-state index in [4.69, 9.17) is 19.7 Å². The fourth-order valence-electron chi connectivity index (χ4n) is 5.68. The van der Waals surface area contributed by atoms with Crippen LogP contribution in [-0.2, 0) is 28.7 Å². The van der Waals surface area contributed by atoms with Gasteiger partial charge >= 0.3 is 11.9 Å². The summed E-state index contributed by atoms with van der Waals surface area (Å²) in [5.74, 6) is 9.98. The van der Waals surface area contributed by atoms with Crippen molar-refractivity contribution in [3.05, 3.63) is 58.6 Å². The predicted octanol–water partition coefficient (Wildman–Crippen LogP) is 7.82. The minimum atomic E-state index is -1.10. The van der Waals surface area contributed by atoms with Crippen LogP contribution >= 0.6 is 0 Å². The van der Waals surface area contributed by atoms with Crippen molar-refractivity contribution >= 4 is 46.5 Å². The van der Waals surface area contributed by atoms with E-state index in [0.717, 1.165) is 89.9 Å². The highest BCUT2D eigenvalue weighted by molar-refractivity contribution is 5.90. The van der Waals surface area contributed by atoms with Crippen molar-refractivity contribution < 1.29 is 43.8 Å². The number of hydrogen-bond acceptors (Lipinski definition) is 11. The van der Waals surface area contributed by atoms with Gasteiger partial charge in [0.2, 0.25) is 11.8 Å². The van der Waals surface area contributed by atoms with Crippen molar-refractivity contribution in [3.8, 4) is 23.7 Å². The smallest absolute Gasteiger partial charge is 0.317 e. The van der Waals surface area contributed by atoms with Crippen molar-refractivity contribution in [1.82, 2.24) is 10.2 Å². The summed E-state index contributed by atoms with van der Waals surface area (Å²) in [4.78, 5) is 57.5. The number of rotatable bonds is 33. The van der Waals surface area contributed by atoms with Gasteiger partial charge in [0.15, 0.2) is 0 Å². The Hall–Kier alpha value is -5.68. The van der Waals surface area contributed by atoms with E-state index in [1.165, 1.54) is 29.2 Å². The number of amides is 2. The lowest BCUT2D eigenvalue weighted by Gasteiger charge is -2.17. The van der Waals surface area contributed by atoms with Gasteiger partial charge < -0.3 is 30.3 Å². The number of anilines is 1. The van der Waals surface area contributed by atoms with Crippen molar-refractivity contribution in [2.45, 2.75) is 103 Å². The summed E-state index contributed by atoms with van der Waals surface area (Å²) in [6.07, 6.45) is 15.1. The number of nitro benzene ring substituents is 1. The second kappa shape index (κ2) is 33.2. The van der Waals surface area contributed by atoms with E-state index in [9.17, 15) is 29.3 Å². The first kappa shape index (κ1) is 50.5. The summed E-state index contributed by atoms with van der Waals surface area (Å²) in [5.41, 5.74) is 1.79. The van der Waals surface area contributed by atoms with Gasteiger partial charge in [-0.25, -0.2) is 0 Å². The number of carboxylic acid groups (broad SMARTS) is 2. The first-order chi connectivity index (χ1) is 29.1. The molecule has 0 aliphatic heterocycles. The molecule has 0 bridgehead atoms. The lowest BCUT2D eigenvalue weighted by molar-refractivity contribution is -0.384. The van der Waals surface area contributed by atoms with Gasteiger partial charge in [0.05, 0.1) is 55.8 Å². The monoisotopic (exact) mass is 832 g/mol. The molecule has 0 saturated carbocycles. The van der Waals surface area contributed by atoms with Gasteiger partial charge in [-0.15, -0.1) is 0 Å². The van der Waals surface area contributed by atoms with E-state index in [1.807, 2.05) is 0 Å². The first-order valence-corrected chi connectivity index (χ1v) is 20.7. The van der Waals surface area contributed by atoms with Crippen molar-refractivity contribution in [3.63, 3.8) is 0 Å². The zero-order valence-electron chi connectivity index (χ0n) is 34.5. The number of carboxylic acids is 2. The zero-order chi connectivity index (χ0) is 43.5. The average molecular weight is 833 g/mol. The van der Waals surface area contributed by atoms with E-state index in [2.05, 4.69) is 44.5 Å². The Morgan fingerprint density at radius 3 is 1.62 bits per heavy atom. The molecule has 0 aliphatic rings.